The van der Waals surface area contributed by atoms with E-state index in [-0.39, 0.29) is 12.4 Å². The number of nitrogens with zero attached hydrogens (tertiary/aromatic N) is 1. The van der Waals surface area contributed by atoms with Crippen molar-refractivity contribution in [1.82, 2.24) is 0 Å². The van der Waals surface area contributed by atoms with Gasteiger partial charge >= 0.3 is 5.97 Å². The maximum Gasteiger partial charge on any atom is 0.302 e. The standard InChI is InChI=1S/C15H29NO4/c1-4-6-9-16(10-7-5-2,11-8-15(18)19)12-13-20-14(3)17/h4-13H2,1-3H3. The second-order valence-electron chi connectivity index (χ2n) is 5.41. The maximum atomic E-state index is 10.9. The van der Waals surface area contributed by atoms with Crippen molar-refractivity contribution in [1.29, 1.82) is 0 Å². The first-order valence-corrected chi connectivity index (χ1v) is 7.64. The van der Waals surface area contributed by atoms with Crippen LogP contribution in [0.4, 0.5) is 0 Å². The van der Waals surface area contributed by atoms with Crippen LogP contribution in [0.1, 0.15) is 52.9 Å². The summed E-state index contributed by atoms with van der Waals surface area (Å²) >= 11 is 0. The van der Waals surface area contributed by atoms with E-state index in [1.165, 1.54) is 6.92 Å². The molecule has 0 aliphatic carbocycles. The number of carboxylic acid groups (broad SMARTS) is 1. The molecule has 5 nitrogen and oxygen atoms in total. The summed E-state index contributed by atoms with van der Waals surface area (Å²) in [6.45, 7) is 9.12. The van der Waals surface area contributed by atoms with Gasteiger partial charge in [-0.2, -0.15) is 0 Å². The lowest BCUT2D eigenvalue weighted by Crippen LogP contribution is -2.53. The zero-order valence-electron chi connectivity index (χ0n) is 13.2. The third-order valence-electron chi connectivity index (χ3n) is 3.63. The molecule has 0 aliphatic rings. The van der Waals surface area contributed by atoms with Crippen molar-refractivity contribution in [2.75, 3.05) is 32.8 Å². The van der Waals surface area contributed by atoms with Crippen molar-refractivity contribution in [3.05, 3.63) is 0 Å². The number of hydrogen-bond donors (Lipinski definition) is 0. The fraction of sp³-hybridized carbons (Fsp3) is 0.867. The van der Waals surface area contributed by atoms with Gasteiger partial charge in [0.25, 0.3) is 0 Å². The highest BCUT2D eigenvalue weighted by molar-refractivity contribution is 5.65. The quantitative estimate of drug-likeness (QED) is 0.398. The highest BCUT2D eigenvalue weighted by atomic mass is 16.5. The van der Waals surface area contributed by atoms with Gasteiger partial charge in [-0.15, -0.1) is 0 Å². The Hall–Kier alpha value is -1.10. The number of hydrogen-bond acceptors (Lipinski definition) is 4. The fourth-order valence-electron chi connectivity index (χ4n) is 2.37. The molecular weight excluding hydrogens is 258 g/mol. The average Bonchev–Trinajstić information content (AvgIpc) is 2.39. The molecule has 0 fully saturated rings. The topological polar surface area (TPSA) is 66.4 Å². The van der Waals surface area contributed by atoms with E-state index in [0.717, 1.165) is 38.8 Å². The SMILES string of the molecule is CCCC[N+](CCCC)(CCOC(C)=O)CCC(=O)[O-]. The van der Waals surface area contributed by atoms with E-state index in [0.29, 0.717) is 24.2 Å². The minimum Gasteiger partial charge on any atom is -0.550 e. The van der Waals surface area contributed by atoms with Gasteiger partial charge in [-0.25, -0.2) is 0 Å². The zero-order chi connectivity index (χ0) is 15.4. The molecule has 0 heterocycles. The number of ether oxygens (including phenoxy) is 1. The third-order valence-corrected chi connectivity index (χ3v) is 3.63. The van der Waals surface area contributed by atoms with Crippen molar-refractivity contribution in [3.63, 3.8) is 0 Å². The lowest BCUT2D eigenvalue weighted by atomic mass is 10.2. The molecule has 0 spiro atoms. The first-order chi connectivity index (χ1) is 9.45. The minimum absolute atomic E-state index is 0.0630. The van der Waals surface area contributed by atoms with Gasteiger partial charge in [-0.05, 0) is 12.8 Å². The molecule has 0 aromatic heterocycles. The lowest BCUT2D eigenvalue weighted by Gasteiger charge is -2.39. The summed E-state index contributed by atoms with van der Waals surface area (Å²) in [6.07, 6.45) is 4.32. The van der Waals surface area contributed by atoms with E-state index in [9.17, 15) is 14.7 Å². The smallest absolute Gasteiger partial charge is 0.302 e. The molecule has 0 aliphatic heterocycles. The van der Waals surface area contributed by atoms with Crippen LogP contribution in [0, 0.1) is 0 Å². The molecule has 0 amide bonds. The van der Waals surface area contributed by atoms with Crippen LogP contribution in [0.2, 0.25) is 0 Å². The molecule has 0 saturated heterocycles. The first-order valence-electron chi connectivity index (χ1n) is 7.64. The molecule has 0 radical (unpaired) electrons. The molecule has 0 aromatic rings. The minimum atomic E-state index is -1.01. The van der Waals surface area contributed by atoms with Gasteiger partial charge < -0.3 is 19.1 Å². The molecule has 0 unspecified atom stereocenters. The lowest BCUT2D eigenvalue weighted by molar-refractivity contribution is -0.928. The number of unbranched alkanes of at least 4 members (excludes halogenated alkanes) is 2. The summed E-state index contributed by atoms with van der Waals surface area (Å²) in [5.74, 6) is -1.29. The molecule has 5 heteroatoms. The van der Waals surface area contributed by atoms with Gasteiger partial charge in [0.1, 0.15) is 13.2 Å². The molecule has 20 heavy (non-hydrogen) atoms. The molecule has 0 saturated carbocycles. The van der Waals surface area contributed by atoms with E-state index in [4.69, 9.17) is 4.74 Å². The van der Waals surface area contributed by atoms with Gasteiger partial charge in [0, 0.05) is 19.3 Å². The number of aliphatic carboxylic acids is 1. The Labute approximate surface area is 122 Å². The van der Waals surface area contributed by atoms with Gasteiger partial charge in [-0.1, -0.05) is 26.7 Å². The number of rotatable bonds is 12. The van der Waals surface area contributed by atoms with Crippen LogP contribution in [0.15, 0.2) is 0 Å². The van der Waals surface area contributed by atoms with Crippen molar-refractivity contribution >= 4 is 11.9 Å². The average molecular weight is 287 g/mol. The van der Waals surface area contributed by atoms with Crippen LogP contribution in [0.25, 0.3) is 0 Å². The predicted octanol–water partition coefficient (Wildman–Crippen LogP) is 1.11. The van der Waals surface area contributed by atoms with E-state index in [2.05, 4.69) is 13.8 Å². The van der Waals surface area contributed by atoms with Crippen molar-refractivity contribution in [3.8, 4) is 0 Å². The maximum absolute atomic E-state index is 10.9. The van der Waals surface area contributed by atoms with Gasteiger partial charge in [0.2, 0.25) is 0 Å². The summed E-state index contributed by atoms with van der Waals surface area (Å²) in [6, 6.07) is 0. The van der Waals surface area contributed by atoms with Gasteiger partial charge in [0.15, 0.2) is 0 Å². The van der Waals surface area contributed by atoms with Crippen LogP contribution in [0.3, 0.4) is 0 Å². The normalized spacial score (nSPS) is 11.3. The second kappa shape index (κ2) is 10.7. The highest BCUT2D eigenvalue weighted by Crippen LogP contribution is 2.14. The Morgan fingerprint density at radius 2 is 1.55 bits per heavy atom. The number of carbonyl (C=O) groups is 2. The van der Waals surface area contributed by atoms with Crippen LogP contribution >= 0.6 is 0 Å². The Balaban J connectivity index is 4.67. The van der Waals surface area contributed by atoms with Crippen LogP contribution < -0.4 is 5.11 Å². The van der Waals surface area contributed by atoms with E-state index >= 15 is 0 Å². The predicted molar refractivity (Wildman–Crippen MR) is 75.8 cm³/mol. The molecule has 0 N–H and O–H groups in total. The Morgan fingerprint density at radius 1 is 1.00 bits per heavy atom. The van der Waals surface area contributed by atoms with Gasteiger partial charge in [-0.3, -0.25) is 4.79 Å². The largest absolute Gasteiger partial charge is 0.550 e. The number of quaternary nitrogens is 1. The van der Waals surface area contributed by atoms with Crippen molar-refractivity contribution in [2.24, 2.45) is 0 Å². The second-order valence-corrected chi connectivity index (χ2v) is 5.41. The van der Waals surface area contributed by atoms with Crippen molar-refractivity contribution in [2.45, 2.75) is 52.9 Å². The molecular formula is C15H29NO4. The van der Waals surface area contributed by atoms with Crippen molar-refractivity contribution < 1.29 is 23.9 Å². The Kier molecular flexibility index (Phi) is 10.1. The Morgan fingerprint density at radius 3 is 1.95 bits per heavy atom. The third kappa shape index (κ3) is 8.91. The van der Waals surface area contributed by atoms with E-state index < -0.39 is 5.97 Å². The monoisotopic (exact) mass is 287 g/mol. The highest BCUT2D eigenvalue weighted by Gasteiger charge is 2.26. The van der Waals surface area contributed by atoms with E-state index in [1.807, 2.05) is 0 Å². The fourth-order valence-corrected chi connectivity index (χ4v) is 2.37. The zero-order valence-corrected chi connectivity index (χ0v) is 13.2. The summed E-state index contributed by atoms with van der Waals surface area (Å²) in [5, 5.41) is 10.8. The molecule has 0 aromatic carbocycles. The van der Waals surface area contributed by atoms with Crippen LogP contribution in [-0.4, -0.2) is 49.2 Å². The number of carboxylic acids is 1. The van der Waals surface area contributed by atoms with Gasteiger partial charge in [0.05, 0.1) is 19.6 Å². The number of esters is 1. The molecule has 0 bridgehead atoms. The molecule has 118 valence electrons. The Bertz CT molecular complexity index is 284. The van der Waals surface area contributed by atoms with Crippen LogP contribution in [-0.2, 0) is 14.3 Å². The summed E-state index contributed by atoms with van der Waals surface area (Å²) in [5.41, 5.74) is 0. The number of carbonyl (C=O) groups excluding carboxylic acids is 2. The van der Waals surface area contributed by atoms with Crippen LogP contribution in [0.5, 0.6) is 0 Å². The summed E-state index contributed by atoms with van der Waals surface area (Å²) in [7, 11) is 0. The van der Waals surface area contributed by atoms with E-state index in [1.54, 1.807) is 0 Å². The summed E-state index contributed by atoms with van der Waals surface area (Å²) < 4.78 is 5.76. The summed E-state index contributed by atoms with van der Waals surface area (Å²) in [4.78, 5) is 21.7. The molecule has 0 rings (SSSR count). The molecule has 0 atom stereocenters. The first kappa shape index (κ1) is 18.9.